The van der Waals surface area contributed by atoms with Gasteiger partial charge < -0.3 is 20.7 Å². The Morgan fingerprint density at radius 1 is 1.15 bits per heavy atom. The van der Waals surface area contributed by atoms with Crippen molar-refractivity contribution in [3.63, 3.8) is 0 Å². The number of rotatable bonds is 9. The quantitative estimate of drug-likeness (QED) is 0.486. The fourth-order valence-corrected chi connectivity index (χ4v) is 4.59. The van der Waals surface area contributed by atoms with Crippen LogP contribution in [-0.4, -0.2) is 53.3 Å². The molecule has 1 saturated carbocycles. The molecule has 1 aromatic carbocycles. The van der Waals surface area contributed by atoms with Crippen molar-refractivity contribution < 1.29 is 19.1 Å². The summed E-state index contributed by atoms with van der Waals surface area (Å²) in [6.07, 6.45) is 7.02. The van der Waals surface area contributed by atoms with E-state index in [-0.39, 0.29) is 23.7 Å². The van der Waals surface area contributed by atoms with Gasteiger partial charge in [0.05, 0.1) is 7.11 Å². The minimum atomic E-state index is -1.07. The van der Waals surface area contributed by atoms with Gasteiger partial charge >= 0.3 is 5.97 Å². The fraction of sp³-hybridized carbons (Fsp3) is 0.520. The van der Waals surface area contributed by atoms with Gasteiger partial charge in [-0.1, -0.05) is 31.4 Å². The highest BCUT2D eigenvalue weighted by molar-refractivity contribution is 6.03. The van der Waals surface area contributed by atoms with Gasteiger partial charge in [-0.25, -0.2) is 0 Å². The van der Waals surface area contributed by atoms with Crippen molar-refractivity contribution >= 4 is 23.5 Å². The third kappa shape index (κ3) is 5.83. The molecule has 3 rings (SSSR count). The van der Waals surface area contributed by atoms with Crippen LogP contribution in [0, 0.1) is 5.92 Å². The molecule has 0 spiro atoms. The van der Waals surface area contributed by atoms with Gasteiger partial charge in [0, 0.05) is 18.9 Å². The minimum Gasteiger partial charge on any atom is -0.468 e. The van der Waals surface area contributed by atoms with E-state index >= 15 is 0 Å². The van der Waals surface area contributed by atoms with E-state index in [1.54, 1.807) is 26.4 Å². The van der Waals surface area contributed by atoms with Crippen LogP contribution in [0.4, 0.5) is 5.69 Å². The maximum atomic E-state index is 13.5. The monoisotopic (exact) mass is 469 g/mol. The molecule has 1 aromatic heterocycles. The van der Waals surface area contributed by atoms with E-state index in [0.717, 1.165) is 37.7 Å². The maximum absolute atomic E-state index is 13.5. The number of aromatic nitrogens is 2. The molecule has 3 N–H and O–H groups in total. The summed E-state index contributed by atoms with van der Waals surface area (Å²) in [6, 6.07) is 8.55. The summed E-state index contributed by atoms with van der Waals surface area (Å²) in [5, 5.41) is 13.0. The fourth-order valence-electron chi connectivity index (χ4n) is 4.59. The first kappa shape index (κ1) is 25.4. The lowest BCUT2D eigenvalue weighted by Crippen LogP contribution is -2.59. The third-order valence-electron chi connectivity index (χ3n) is 6.81. The van der Waals surface area contributed by atoms with Crippen LogP contribution in [0.1, 0.15) is 55.1 Å². The Balaban J connectivity index is 1.75. The number of likely N-dealkylation sites (N-methyl/N-ethyl adjacent to an activating group) is 1. The topological polar surface area (TPSA) is 114 Å². The number of amides is 2. The molecule has 0 radical (unpaired) electrons. The van der Waals surface area contributed by atoms with Crippen LogP contribution in [0.15, 0.2) is 36.5 Å². The van der Waals surface area contributed by atoms with Crippen LogP contribution in [0.5, 0.6) is 0 Å². The predicted molar refractivity (Wildman–Crippen MR) is 129 cm³/mol. The molecule has 0 unspecified atom stereocenters. The van der Waals surface area contributed by atoms with E-state index < -0.39 is 11.6 Å². The molecule has 34 heavy (non-hydrogen) atoms. The Kier molecular flexibility index (Phi) is 8.44. The second kappa shape index (κ2) is 11.3. The molecule has 0 aliphatic heterocycles. The molecular weight excluding hydrogens is 434 g/mol. The standard InChI is InChI=1S/C25H35N5O4/c1-25(18-8-6-5-7-9-18,29-22(31)21-14-15-27-30(21)3)24(33)28-19-12-10-17(11-13-19)16-20(26-2)23(32)34-4/h10-15,18,20,26H,5-9,16H2,1-4H3,(H,28,33)(H,29,31)/t20-,25-/m1/s1. The number of anilines is 1. The van der Waals surface area contributed by atoms with Crippen LogP contribution >= 0.6 is 0 Å². The summed E-state index contributed by atoms with van der Waals surface area (Å²) in [6.45, 7) is 1.81. The number of benzene rings is 1. The van der Waals surface area contributed by atoms with Crippen LogP contribution in [0.3, 0.4) is 0 Å². The zero-order valence-corrected chi connectivity index (χ0v) is 20.4. The molecule has 2 atom stereocenters. The van der Waals surface area contributed by atoms with E-state index in [0.29, 0.717) is 17.8 Å². The van der Waals surface area contributed by atoms with Crippen LogP contribution in [-0.2, 0) is 27.8 Å². The van der Waals surface area contributed by atoms with Gasteiger partial charge in [0.1, 0.15) is 17.3 Å². The zero-order valence-electron chi connectivity index (χ0n) is 20.4. The average molecular weight is 470 g/mol. The number of esters is 1. The van der Waals surface area contributed by atoms with Gasteiger partial charge in [-0.3, -0.25) is 19.1 Å². The molecule has 9 nitrogen and oxygen atoms in total. The molecule has 2 amide bonds. The SMILES string of the molecule is CN[C@H](Cc1ccc(NC(=O)[C@](C)(NC(=O)c2ccnn2C)C2CCCCC2)cc1)C(=O)OC. The van der Waals surface area contributed by atoms with Crippen molar-refractivity contribution in [3.8, 4) is 0 Å². The van der Waals surface area contributed by atoms with Crippen LogP contribution in [0.2, 0.25) is 0 Å². The number of nitrogens with zero attached hydrogens (tertiary/aromatic N) is 2. The first-order valence-electron chi connectivity index (χ1n) is 11.7. The Hall–Kier alpha value is -3.20. The lowest BCUT2D eigenvalue weighted by atomic mass is 9.75. The molecule has 9 heteroatoms. The molecule has 184 valence electrons. The van der Waals surface area contributed by atoms with Crippen molar-refractivity contribution in [1.82, 2.24) is 20.4 Å². The molecular formula is C25H35N5O4. The summed E-state index contributed by atoms with van der Waals surface area (Å²) in [7, 11) is 4.77. The van der Waals surface area contributed by atoms with E-state index in [4.69, 9.17) is 4.74 Å². The van der Waals surface area contributed by atoms with E-state index in [9.17, 15) is 14.4 Å². The number of hydrogen-bond acceptors (Lipinski definition) is 6. The van der Waals surface area contributed by atoms with Gasteiger partial charge in [-0.2, -0.15) is 5.10 Å². The number of aryl methyl sites for hydroxylation is 1. The predicted octanol–water partition coefficient (Wildman–Crippen LogP) is 2.43. The van der Waals surface area contributed by atoms with Crippen LogP contribution < -0.4 is 16.0 Å². The first-order valence-corrected chi connectivity index (χ1v) is 11.7. The van der Waals surface area contributed by atoms with E-state index in [1.165, 1.54) is 11.8 Å². The highest BCUT2D eigenvalue weighted by Gasteiger charge is 2.43. The lowest BCUT2D eigenvalue weighted by Gasteiger charge is -2.39. The number of hydrogen-bond donors (Lipinski definition) is 3. The van der Waals surface area contributed by atoms with E-state index in [1.807, 2.05) is 31.2 Å². The second-order valence-corrected chi connectivity index (χ2v) is 9.05. The number of ether oxygens (including phenoxy) is 1. The third-order valence-corrected chi connectivity index (χ3v) is 6.81. The Labute approximate surface area is 200 Å². The largest absolute Gasteiger partial charge is 0.468 e. The maximum Gasteiger partial charge on any atom is 0.323 e. The minimum absolute atomic E-state index is 0.0362. The smallest absolute Gasteiger partial charge is 0.323 e. The van der Waals surface area contributed by atoms with Gasteiger partial charge in [0.15, 0.2) is 0 Å². The average Bonchev–Trinajstić information content (AvgIpc) is 3.29. The van der Waals surface area contributed by atoms with Gasteiger partial charge in [-0.15, -0.1) is 0 Å². The highest BCUT2D eigenvalue weighted by atomic mass is 16.5. The normalized spacial score (nSPS) is 16.8. The summed E-state index contributed by atoms with van der Waals surface area (Å²) >= 11 is 0. The highest BCUT2D eigenvalue weighted by Crippen LogP contribution is 2.34. The molecule has 2 aromatic rings. The van der Waals surface area contributed by atoms with Crippen LogP contribution in [0.25, 0.3) is 0 Å². The molecule has 1 aliphatic rings. The summed E-state index contributed by atoms with van der Waals surface area (Å²) in [4.78, 5) is 38.4. The molecule has 1 heterocycles. The zero-order chi connectivity index (χ0) is 24.7. The Bertz CT molecular complexity index is 997. The second-order valence-electron chi connectivity index (χ2n) is 9.05. The van der Waals surface area contributed by atoms with Crippen molar-refractivity contribution in [2.75, 3.05) is 19.5 Å². The Morgan fingerprint density at radius 2 is 1.82 bits per heavy atom. The molecule has 0 saturated heterocycles. The molecule has 0 bridgehead atoms. The summed E-state index contributed by atoms with van der Waals surface area (Å²) in [5.41, 5.74) is 0.901. The number of carbonyl (C=O) groups excluding carboxylic acids is 3. The number of methoxy groups -OCH3 is 1. The van der Waals surface area contributed by atoms with Crippen molar-refractivity contribution in [1.29, 1.82) is 0 Å². The number of nitrogens with one attached hydrogen (secondary N) is 3. The van der Waals surface area contributed by atoms with Crippen molar-refractivity contribution in [2.24, 2.45) is 13.0 Å². The van der Waals surface area contributed by atoms with Crippen molar-refractivity contribution in [2.45, 2.75) is 57.0 Å². The summed E-state index contributed by atoms with van der Waals surface area (Å²) in [5.74, 6) is -0.855. The van der Waals surface area contributed by atoms with E-state index in [2.05, 4.69) is 21.0 Å². The van der Waals surface area contributed by atoms with Gasteiger partial charge in [0.25, 0.3) is 5.91 Å². The first-order chi connectivity index (χ1) is 16.3. The van der Waals surface area contributed by atoms with Crippen molar-refractivity contribution in [3.05, 3.63) is 47.8 Å². The van der Waals surface area contributed by atoms with Gasteiger partial charge in [-0.05, 0) is 62.9 Å². The lowest BCUT2D eigenvalue weighted by molar-refractivity contribution is -0.142. The molecule has 1 fully saturated rings. The summed E-state index contributed by atoms with van der Waals surface area (Å²) < 4.78 is 6.31. The van der Waals surface area contributed by atoms with Gasteiger partial charge in [0.2, 0.25) is 5.91 Å². The number of carbonyl (C=O) groups is 3. The molecule has 1 aliphatic carbocycles. The Morgan fingerprint density at radius 3 is 2.38 bits per heavy atom.